The molecule has 1 N–H and O–H groups in total. The number of hydrogen-bond acceptors (Lipinski definition) is 3. The zero-order valence-corrected chi connectivity index (χ0v) is 10.2. The third-order valence-corrected chi connectivity index (χ3v) is 3.83. The molecule has 18 heavy (non-hydrogen) atoms. The molecular weight excluding hydrogens is 230 g/mol. The van der Waals surface area contributed by atoms with Gasteiger partial charge in [-0.25, -0.2) is 9.78 Å². The van der Waals surface area contributed by atoms with Gasteiger partial charge in [0.25, 0.3) is 0 Å². The Hall–Kier alpha value is -1.84. The summed E-state index contributed by atoms with van der Waals surface area (Å²) < 4.78 is 5.74. The number of nitrogens with zero attached hydrogens (tertiary/aromatic N) is 1. The van der Waals surface area contributed by atoms with Crippen LogP contribution in [0.5, 0.6) is 0 Å². The van der Waals surface area contributed by atoms with Crippen LogP contribution in [0.25, 0.3) is 11.1 Å². The fourth-order valence-electron chi connectivity index (χ4n) is 2.75. The molecule has 1 heterocycles. The van der Waals surface area contributed by atoms with Crippen LogP contribution in [0.1, 0.15) is 48.4 Å². The number of benzene rings is 1. The van der Waals surface area contributed by atoms with Crippen LogP contribution < -0.4 is 0 Å². The van der Waals surface area contributed by atoms with Crippen LogP contribution in [-0.4, -0.2) is 16.1 Å². The zero-order valence-electron chi connectivity index (χ0n) is 10.2. The standard InChI is InChI=1S/C14H15NO3/c1-8-3-2-4-10(8)13-15-11-6-5-9(14(16)17)7-12(11)18-13/h5-8,10H,2-4H2,1H3,(H,16,17). The van der Waals surface area contributed by atoms with E-state index in [2.05, 4.69) is 11.9 Å². The number of fused-ring (bicyclic) bond motifs is 1. The van der Waals surface area contributed by atoms with Gasteiger partial charge in [-0.15, -0.1) is 0 Å². The fourth-order valence-corrected chi connectivity index (χ4v) is 2.75. The average Bonchev–Trinajstić information content (AvgIpc) is 2.92. The van der Waals surface area contributed by atoms with Crippen molar-refractivity contribution in [2.75, 3.05) is 0 Å². The van der Waals surface area contributed by atoms with Crippen LogP contribution >= 0.6 is 0 Å². The Labute approximate surface area is 105 Å². The molecule has 0 radical (unpaired) electrons. The summed E-state index contributed by atoms with van der Waals surface area (Å²) in [6.45, 7) is 2.22. The van der Waals surface area contributed by atoms with Crippen molar-refractivity contribution in [2.45, 2.75) is 32.1 Å². The normalized spacial score (nSPS) is 23.6. The molecule has 2 atom stereocenters. The molecule has 0 spiro atoms. The summed E-state index contributed by atoms with van der Waals surface area (Å²) in [5.41, 5.74) is 1.56. The van der Waals surface area contributed by atoms with E-state index in [0.29, 0.717) is 17.4 Å². The first-order valence-electron chi connectivity index (χ1n) is 6.29. The maximum absolute atomic E-state index is 10.9. The zero-order chi connectivity index (χ0) is 12.7. The van der Waals surface area contributed by atoms with E-state index < -0.39 is 5.97 Å². The molecule has 1 fully saturated rings. The predicted molar refractivity (Wildman–Crippen MR) is 66.7 cm³/mol. The van der Waals surface area contributed by atoms with Crippen molar-refractivity contribution < 1.29 is 14.3 Å². The molecule has 3 rings (SSSR count). The first kappa shape index (κ1) is 11.3. The lowest BCUT2D eigenvalue weighted by Gasteiger charge is -2.09. The van der Waals surface area contributed by atoms with E-state index in [1.807, 2.05) is 0 Å². The summed E-state index contributed by atoms with van der Waals surface area (Å²) in [6, 6.07) is 4.83. The minimum absolute atomic E-state index is 0.240. The Morgan fingerprint density at radius 2 is 2.28 bits per heavy atom. The highest BCUT2D eigenvalue weighted by Gasteiger charge is 2.29. The van der Waals surface area contributed by atoms with Gasteiger partial charge in [-0.3, -0.25) is 0 Å². The smallest absolute Gasteiger partial charge is 0.335 e. The van der Waals surface area contributed by atoms with Crippen molar-refractivity contribution >= 4 is 17.1 Å². The van der Waals surface area contributed by atoms with Crippen LogP contribution in [0.4, 0.5) is 0 Å². The second kappa shape index (κ2) is 4.12. The molecule has 1 aliphatic rings. The summed E-state index contributed by atoms with van der Waals surface area (Å²) in [5.74, 6) is 0.796. The molecule has 94 valence electrons. The highest BCUT2D eigenvalue weighted by Crippen LogP contribution is 2.39. The number of carboxylic acid groups (broad SMARTS) is 1. The molecule has 1 aromatic heterocycles. The number of hydrogen-bond donors (Lipinski definition) is 1. The highest BCUT2D eigenvalue weighted by atomic mass is 16.4. The van der Waals surface area contributed by atoms with E-state index >= 15 is 0 Å². The van der Waals surface area contributed by atoms with Gasteiger partial charge in [-0.1, -0.05) is 13.3 Å². The first-order chi connectivity index (χ1) is 8.65. The Morgan fingerprint density at radius 1 is 1.44 bits per heavy atom. The molecule has 1 saturated carbocycles. The molecule has 1 aromatic carbocycles. The number of carbonyl (C=O) groups is 1. The minimum Gasteiger partial charge on any atom is -0.478 e. The summed E-state index contributed by atoms with van der Waals surface area (Å²) >= 11 is 0. The molecule has 4 nitrogen and oxygen atoms in total. The van der Waals surface area contributed by atoms with Gasteiger partial charge in [0.15, 0.2) is 11.5 Å². The molecule has 0 aliphatic heterocycles. The third-order valence-electron chi connectivity index (χ3n) is 3.83. The molecule has 0 saturated heterocycles. The van der Waals surface area contributed by atoms with Crippen molar-refractivity contribution in [1.29, 1.82) is 0 Å². The Bertz CT molecular complexity index is 602. The second-order valence-corrected chi connectivity index (χ2v) is 5.05. The minimum atomic E-state index is -0.941. The van der Waals surface area contributed by atoms with E-state index in [-0.39, 0.29) is 5.56 Å². The highest BCUT2D eigenvalue weighted by molar-refractivity contribution is 5.91. The molecule has 2 unspecified atom stereocenters. The first-order valence-corrected chi connectivity index (χ1v) is 6.29. The van der Waals surface area contributed by atoms with Gasteiger partial charge in [-0.05, 0) is 37.0 Å². The van der Waals surface area contributed by atoms with Crippen LogP contribution in [-0.2, 0) is 0 Å². The molecule has 1 aliphatic carbocycles. The van der Waals surface area contributed by atoms with Gasteiger partial charge in [0.1, 0.15) is 5.52 Å². The number of oxazole rings is 1. The van der Waals surface area contributed by atoms with E-state index in [1.165, 1.54) is 12.8 Å². The van der Waals surface area contributed by atoms with Gasteiger partial charge in [0.2, 0.25) is 0 Å². The second-order valence-electron chi connectivity index (χ2n) is 5.05. The van der Waals surface area contributed by atoms with Crippen LogP contribution in [0.3, 0.4) is 0 Å². The van der Waals surface area contributed by atoms with Gasteiger partial charge in [0, 0.05) is 5.92 Å². The van der Waals surface area contributed by atoms with E-state index in [9.17, 15) is 4.79 Å². The molecular formula is C14H15NO3. The molecule has 4 heteroatoms. The quantitative estimate of drug-likeness (QED) is 0.880. The third kappa shape index (κ3) is 1.78. The topological polar surface area (TPSA) is 63.3 Å². The average molecular weight is 245 g/mol. The molecule has 0 amide bonds. The number of aromatic carboxylic acids is 1. The fraction of sp³-hybridized carbons (Fsp3) is 0.429. The molecule has 0 bridgehead atoms. The maximum atomic E-state index is 10.9. The lowest BCUT2D eigenvalue weighted by molar-refractivity contribution is 0.0697. The van der Waals surface area contributed by atoms with E-state index in [1.54, 1.807) is 18.2 Å². The van der Waals surface area contributed by atoms with Crippen LogP contribution in [0.2, 0.25) is 0 Å². The number of rotatable bonds is 2. The predicted octanol–water partition coefficient (Wildman–Crippen LogP) is 3.43. The Morgan fingerprint density at radius 3 is 2.94 bits per heavy atom. The lowest BCUT2D eigenvalue weighted by Crippen LogP contribution is -2.01. The van der Waals surface area contributed by atoms with E-state index in [4.69, 9.17) is 9.52 Å². The van der Waals surface area contributed by atoms with Gasteiger partial charge in [-0.2, -0.15) is 0 Å². The summed E-state index contributed by atoms with van der Waals surface area (Å²) in [4.78, 5) is 15.4. The van der Waals surface area contributed by atoms with Crippen molar-refractivity contribution in [3.63, 3.8) is 0 Å². The maximum Gasteiger partial charge on any atom is 0.335 e. The summed E-state index contributed by atoms with van der Waals surface area (Å²) in [7, 11) is 0. The Balaban J connectivity index is 2.02. The van der Waals surface area contributed by atoms with Crippen LogP contribution in [0, 0.1) is 5.92 Å². The van der Waals surface area contributed by atoms with Crippen molar-refractivity contribution in [1.82, 2.24) is 4.98 Å². The van der Waals surface area contributed by atoms with Crippen molar-refractivity contribution in [3.8, 4) is 0 Å². The van der Waals surface area contributed by atoms with Gasteiger partial charge >= 0.3 is 5.97 Å². The monoisotopic (exact) mass is 245 g/mol. The number of carboxylic acids is 1. The lowest BCUT2D eigenvalue weighted by atomic mass is 9.98. The van der Waals surface area contributed by atoms with Gasteiger partial charge < -0.3 is 9.52 Å². The summed E-state index contributed by atoms with van der Waals surface area (Å²) in [5, 5.41) is 8.94. The Kier molecular flexibility index (Phi) is 2.58. The van der Waals surface area contributed by atoms with Crippen molar-refractivity contribution in [2.24, 2.45) is 5.92 Å². The molecule has 2 aromatic rings. The summed E-state index contributed by atoms with van der Waals surface area (Å²) in [6.07, 6.45) is 3.54. The largest absolute Gasteiger partial charge is 0.478 e. The van der Waals surface area contributed by atoms with Gasteiger partial charge in [0.05, 0.1) is 5.56 Å². The van der Waals surface area contributed by atoms with E-state index in [0.717, 1.165) is 17.8 Å². The van der Waals surface area contributed by atoms with Crippen molar-refractivity contribution in [3.05, 3.63) is 29.7 Å². The SMILES string of the molecule is CC1CCCC1c1nc2ccc(C(=O)O)cc2o1. The van der Waals surface area contributed by atoms with Crippen LogP contribution in [0.15, 0.2) is 22.6 Å². The number of aromatic nitrogens is 1.